The highest BCUT2D eigenvalue weighted by molar-refractivity contribution is 6.03. The number of fused-ring (bicyclic) bond motifs is 1. The van der Waals surface area contributed by atoms with Gasteiger partial charge in [-0.05, 0) is 25.0 Å². The topological polar surface area (TPSA) is 101 Å². The third-order valence-electron chi connectivity index (χ3n) is 5.08. The Labute approximate surface area is 173 Å². The standard InChI is InChI=1S/C20H23FN8O/c1-4-15-19(30)26-17-12(2)25-20(27-18(17)28(15)3)23-8-14-9-24-29(11-14)10-13-5-6-16(21)22-7-13/h5-7,9,11,15H,4,8,10H2,1-3H3,(H,26,30)(H,23,25,27)/t15-/m0/s1. The molecule has 2 N–H and O–H groups in total. The number of hydrogen-bond acceptors (Lipinski definition) is 7. The summed E-state index contributed by atoms with van der Waals surface area (Å²) in [5, 5.41) is 10.5. The number of halogens is 1. The molecule has 0 spiro atoms. The molecule has 30 heavy (non-hydrogen) atoms. The quantitative estimate of drug-likeness (QED) is 0.602. The summed E-state index contributed by atoms with van der Waals surface area (Å²) in [7, 11) is 1.87. The molecule has 0 saturated carbocycles. The zero-order chi connectivity index (χ0) is 21.3. The molecule has 1 atom stereocenters. The summed E-state index contributed by atoms with van der Waals surface area (Å²) in [6.07, 6.45) is 5.85. The van der Waals surface area contributed by atoms with E-state index in [1.165, 1.54) is 12.3 Å². The van der Waals surface area contributed by atoms with Gasteiger partial charge in [0, 0.05) is 31.5 Å². The van der Waals surface area contributed by atoms with Crippen molar-refractivity contribution in [2.24, 2.45) is 0 Å². The lowest BCUT2D eigenvalue weighted by Crippen LogP contribution is -2.46. The van der Waals surface area contributed by atoms with Crippen molar-refractivity contribution in [1.29, 1.82) is 0 Å². The van der Waals surface area contributed by atoms with Gasteiger partial charge in [0.15, 0.2) is 5.82 Å². The second-order valence-corrected chi connectivity index (χ2v) is 7.24. The molecule has 0 bridgehead atoms. The van der Waals surface area contributed by atoms with Gasteiger partial charge in [-0.1, -0.05) is 13.0 Å². The van der Waals surface area contributed by atoms with Crippen LogP contribution in [0.5, 0.6) is 0 Å². The van der Waals surface area contributed by atoms with Gasteiger partial charge < -0.3 is 15.5 Å². The predicted molar refractivity (Wildman–Crippen MR) is 111 cm³/mol. The molecule has 0 unspecified atom stereocenters. The van der Waals surface area contributed by atoms with Crippen molar-refractivity contribution in [3.8, 4) is 0 Å². The Morgan fingerprint density at radius 3 is 2.80 bits per heavy atom. The largest absolute Gasteiger partial charge is 0.350 e. The minimum atomic E-state index is -0.500. The van der Waals surface area contributed by atoms with Gasteiger partial charge in [0.1, 0.15) is 11.7 Å². The monoisotopic (exact) mass is 410 g/mol. The summed E-state index contributed by atoms with van der Waals surface area (Å²) in [5.41, 5.74) is 3.18. The second-order valence-electron chi connectivity index (χ2n) is 7.24. The summed E-state index contributed by atoms with van der Waals surface area (Å²) >= 11 is 0. The van der Waals surface area contributed by atoms with Crippen LogP contribution >= 0.6 is 0 Å². The number of nitrogens with one attached hydrogen (secondary N) is 2. The van der Waals surface area contributed by atoms with E-state index in [2.05, 4.69) is 30.7 Å². The minimum Gasteiger partial charge on any atom is -0.350 e. The van der Waals surface area contributed by atoms with Crippen LogP contribution in [-0.2, 0) is 17.9 Å². The molecule has 0 aromatic carbocycles. The average molecular weight is 410 g/mol. The van der Waals surface area contributed by atoms with Crippen LogP contribution in [0.25, 0.3) is 0 Å². The smallest absolute Gasteiger partial charge is 0.247 e. The van der Waals surface area contributed by atoms with Crippen molar-refractivity contribution in [1.82, 2.24) is 24.7 Å². The molecule has 1 amide bonds. The number of nitrogens with zero attached hydrogens (tertiary/aromatic N) is 6. The summed E-state index contributed by atoms with van der Waals surface area (Å²) in [6, 6.07) is 2.77. The number of rotatable bonds is 6. The van der Waals surface area contributed by atoms with E-state index >= 15 is 0 Å². The normalized spacial score (nSPS) is 15.7. The average Bonchev–Trinajstić information content (AvgIpc) is 3.17. The molecule has 4 rings (SSSR count). The maximum atomic E-state index is 12.9. The molecule has 3 aromatic rings. The van der Waals surface area contributed by atoms with E-state index in [-0.39, 0.29) is 11.9 Å². The Morgan fingerprint density at radius 2 is 2.07 bits per heavy atom. The molecule has 0 fully saturated rings. The lowest BCUT2D eigenvalue weighted by atomic mass is 10.1. The van der Waals surface area contributed by atoms with Gasteiger partial charge in [0.25, 0.3) is 0 Å². The fraction of sp³-hybridized carbons (Fsp3) is 0.350. The van der Waals surface area contributed by atoms with Crippen LogP contribution in [0.4, 0.5) is 21.8 Å². The SMILES string of the molecule is CC[C@H]1C(=O)Nc2c(C)nc(NCc3cnn(Cc4ccc(F)nc4)c3)nc2N1C. The maximum absolute atomic E-state index is 12.9. The molecule has 0 saturated heterocycles. The van der Waals surface area contributed by atoms with Crippen molar-refractivity contribution in [2.75, 3.05) is 22.6 Å². The van der Waals surface area contributed by atoms with Gasteiger partial charge in [-0.3, -0.25) is 9.48 Å². The van der Waals surface area contributed by atoms with Crippen LogP contribution in [0.2, 0.25) is 0 Å². The van der Waals surface area contributed by atoms with Crippen LogP contribution in [-0.4, -0.2) is 43.7 Å². The number of amides is 1. The Bertz CT molecular complexity index is 1070. The third kappa shape index (κ3) is 3.93. The second kappa shape index (κ2) is 8.05. The summed E-state index contributed by atoms with van der Waals surface area (Å²) in [6.45, 7) is 4.82. The van der Waals surface area contributed by atoms with Crippen LogP contribution < -0.4 is 15.5 Å². The first-order valence-corrected chi connectivity index (χ1v) is 9.72. The first-order valence-electron chi connectivity index (χ1n) is 9.72. The highest BCUT2D eigenvalue weighted by Gasteiger charge is 2.32. The van der Waals surface area contributed by atoms with Crippen molar-refractivity contribution in [3.05, 3.63) is 53.5 Å². The van der Waals surface area contributed by atoms with E-state index < -0.39 is 5.95 Å². The lowest BCUT2D eigenvalue weighted by Gasteiger charge is -2.34. The summed E-state index contributed by atoms with van der Waals surface area (Å²) in [4.78, 5) is 26.9. The number of pyridine rings is 1. The van der Waals surface area contributed by atoms with E-state index in [1.807, 2.05) is 32.0 Å². The number of likely N-dealkylation sites (N-methyl/N-ethyl adjacent to an activating group) is 1. The molecular formula is C20H23FN8O. The van der Waals surface area contributed by atoms with E-state index in [9.17, 15) is 9.18 Å². The van der Waals surface area contributed by atoms with Crippen LogP contribution in [0, 0.1) is 12.9 Å². The van der Waals surface area contributed by atoms with Crippen molar-refractivity contribution in [3.63, 3.8) is 0 Å². The van der Waals surface area contributed by atoms with E-state index in [0.717, 1.165) is 11.1 Å². The zero-order valence-corrected chi connectivity index (χ0v) is 17.1. The molecule has 156 valence electrons. The molecule has 1 aliphatic rings. The number of hydrogen-bond donors (Lipinski definition) is 2. The van der Waals surface area contributed by atoms with Crippen molar-refractivity contribution < 1.29 is 9.18 Å². The van der Waals surface area contributed by atoms with E-state index in [4.69, 9.17) is 0 Å². The first kappa shape index (κ1) is 19.7. The molecule has 1 aliphatic heterocycles. The fourth-order valence-electron chi connectivity index (χ4n) is 3.48. The van der Waals surface area contributed by atoms with Crippen LogP contribution in [0.15, 0.2) is 30.7 Å². The molecule has 10 heteroatoms. The van der Waals surface area contributed by atoms with Gasteiger partial charge in [0.2, 0.25) is 17.8 Å². The Balaban J connectivity index is 1.45. The van der Waals surface area contributed by atoms with Crippen molar-refractivity contribution in [2.45, 2.75) is 39.4 Å². The first-order chi connectivity index (χ1) is 14.4. The molecule has 0 aliphatic carbocycles. The molecule has 3 aromatic heterocycles. The summed E-state index contributed by atoms with van der Waals surface area (Å²) < 4.78 is 14.7. The molecular weight excluding hydrogens is 387 g/mol. The number of aromatic nitrogens is 5. The zero-order valence-electron chi connectivity index (χ0n) is 17.1. The lowest BCUT2D eigenvalue weighted by molar-refractivity contribution is -0.117. The number of aryl methyl sites for hydroxylation is 1. The molecule has 0 radical (unpaired) electrons. The van der Waals surface area contributed by atoms with Gasteiger partial charge in [0.05, 0.1) is 18.4 Å². The van der Waals surface area contributed by atoms with Gasteiger partial charge in [-0.2, -0.15) is 14.5 Å². The van der Waals surface area contributed by atoms with E-state index in [1.54, 1.807) is 16.9 Å². The maximum Gasteiger partial charge on any atom is 0.247 e. The number of carbonyl (C=O) groups is 1. The Kier molecular flexibility index (Phi) is 5.30. The van der Waals surface area contributed by atoms with Crippen LogP contribution in [0.3, 0.4) is 0 Å². The van der Waals surface area contributed by atoms with Gasteiger partial charge in [-0.15, -0.1) is 0 Å². The Morgan fingerprint density at radius 1 is 1.23 bits per heavy atom. The number of anilines is 3. The van der Waals surface area contributed by atoms with Crippen molar-refractivity contribution >= 4 is 23.4 Å². The highest BCUT2D eigenvalue weighted by Crippen LogP contribution is 2.32. The van der Waals surface area contributed by atoms with Crippen LogP contribution in [0.1, 0.15) is 30.2 Å². The predicted octanol–water partition coefficient (Wildman–Crippen LogP) is 2.34. The van der Waals surface area contributed by atoms with Gasteiger partial charge in [-0.25, -0.2) is 9.97 Å². The highest BCUT2D eigenvalue weighted by atomic mass is 19.1. The third-order valence-corrected chi connectivity index (χ3v) is 5.08. The minimum absolute atomic E-state index is 0.0383. The summed E-state index contributed by atoms with van der Waals surface area (Å²) in [5.74, 6) is 0.652. The molecule has 9 nitrogen and oxygen atoms in total. The number of carbonyl (C=O) groups excluding carboxylic acids is 1. The van der Waals surface area contributed by atoms with E-state index in [0.29, 0.717) is 42.7 Å². The Hall–Kier alpha value is -3.56. The van der Waals surface area contributed by atoms with Gasteiger partial charge >= 0.3 is 0 Å². The molecule has 4 heterocycles. The fourth-order valence-corrected chi connectivity index (χ4v) is 3.48.